The average Bonchev–Trinajstić information content (AvgIpc) is 3.22. The number of carboxylic acid groups (broad SMARTS) is 1. The standard InChI is InChI=1S/C25H24N2O6S/c1-4-7-26-23(28)20-13(2)10-16(21(27-20)25(31)32-3)15-12-19-18(11-17(15)24(29)30)22-14(5-8-33-19)6-9-34-22/h6,9-12H,4-5,7-8H2,1-3H3,(H,26,28)(H,29,30). The molecule has 1 aromatic carbocycles. The molecule has 2 aromatic heterocycles. The van der Waals surface area contributed by atoms with Crippen LogP contribution in [0.25, 0.3) is 21.6 Å². The molecule has 1 aliphatic rings. The predicted molar refractivity (Wildman–Crippen MR) is 128 cm³/mol. The van der Waals surface area contributed by atoms with E-state index < -0.39 is 17.8 Å². The van der Waals surface area contributed by atoms with E-state index in [2.05, 4.69) is 10.3 Å². The molecule has 1 amide bonds. The van der Waals surface area contributed by atoms with Gasteiger partial charge in [-0.25, -0.2) is 14.6 Å². The lowest BCUT2D eigenvalue weighted by molar-refractivity contribution is 0.0593. The first-order valence-electron chi connectivity index (χ1n) is 10.8. The smallest absolute Gasteiger partial charge is 0.357 e. The SMILES string of the molecule is CCCNC(=O)c1nc(C(=O)OC)c(-c2cc3c(cc2C(=O)O)-c2sccc2CCO3)cc1C. The Morgan fingerprint density at radius 1 is 1.18 bits per heavy atom. The summed E-state index contributed by atoms with van der Waals surface area (Å²) in [6.45, 7) is 4.53. The number of nitrogens with one attached hydrogen (secondary N) is 1. The van der Waals surface area contributed by atoms with Crippen molar-refractivity contribution in [3.8, 4) is 27.3 Å². The number of ether oxygens (including phenoxy) is 2. The number of benzene rings is 1. The Kier molecular flexibility index (Phi) is 6.65. The van der Waals surface area contributed by atoms with Crippen LogP contribution < -0.4 is 10.1 Å². The first-order valence-corrected chi connectivity index (χ1v) is 11.7. The molecule has 3 heterocycles. The lowest BCUT2D eigenvalue weighted by atomic mass is 9.93. The number of carbonyl (C=O) groups excluding carboxylic acids is 2. The van der Waals surface area contributed by atoms with Gasteiger partial charge in [0.05, 0.1) is 19.3 Å². The number of aromatic carboxylic acids is 1. The van der Waals surface area contributed by atoms with E-state index in [0.717, 1.165) is 16.9 Å². The highest BCUT2D eigenvalue weighted by Crippen LogP contribution is 2.43. The van der Waals surface area contributed by atoms with Crippen LogP contribution in [0.2, 0.25) is 0 Å². The van der Waals surface area contributed by atoms with E-state index in [1.54, 1.807) is 25.1 Å². The molecule has 0 bridgehead atoms. The summed E-state index contributed by atoms with van der Waals surface area (Å²) in [6, 6.07) is 6.82. The van der Waals surface area contributed by atoms with Crippen molar-refractivity contribution < 1.29 is 29.0 Å². The van der Waals surface area contributed by atoms with Gasteiger partial charge in [-0.05, 0) is 54.1 Å². The van der Waals surface area contributed by atoms with Crippen molar-refractivity contribution in [2.24, 2.45) is 0 Å². The molecule has 0 aliphatic carbocycles. The van der Waals surface area contributed by atoms with Crippen molar-refractivity contribution in [3.05, 3.63) is 57.7 Å². The maximum atomic E-state index is 12.7. The Balaban J connectivity index is 1.94. The van der Waals surface area contributed by atoms with Gasteiger partial charge >= 0.3 is 11.9 Å². The molecule has 8 nitrogen and oxygen atoms in total. The molecule has 0 saturated carbocycles. The van der Waals surface area contributed by atoms with Crippen molar-refractivity contribution in [2.45, 2.75) is 26.7 Å². The molecule has 34 heavy (non-hydrogen) atoms. The fourth-order valence-electron chi connectivity index (χ4n) is 3.94. The topological polar surface area (TPSA) is 115 Å². The summed E-state index contributed by atoms with van der Waals surface area (Å²) >= 11 is 1.53. The van der Waals surface area contributed by atoms with E-state index in [-0.39, 0.29) is 28.1 Å². The van der Waals surface area contributed by atoms with Gasteiger partial charge in [0.2, 0.25) is 0 Å². The molecule has 0 saturated heterocycles. The molecular weight excluding hydrogens is 456 g/mol. The van der Waals surface area contributed by atoms with Crippen LogP contribution >= 0.6 is 11.3 Å². The molecule has 4 rings (SSSR count). The summed E-state index contributed by atoms with van der Waals surface area (Å²) in [6.07, 6.45) is 1.46. The van der Waals surface area contributed by atoms with Crippen LogP contribution in [0.4, 0.5) is 0 Å². The molecular formula is C25H24N2O6S. The van der Waals surface area contributed by atoms with Crippen molar-refractivity contribution in [1.82, 2.24) is 10.3 Å². The molecule has 0 unspecified atom stereocenters. The number of rotatable bonds is 6. The number of carbonyl (C=O) groups is 3. The molecule has 0 radical (unpaired) electrons. The number of hydrogen-bond donors (Lipinski definition) is 2. The first kappa shape index (κ1) is 23.4. The summed E-state index contributed by atoms with van der Waals surface area (Å²) in [5.74, 6) is -1.81. The number of methoxy groups -OCH3 is 1. The molecule has 1 aliphatic heterocycles. The Morgan fingerprint density at radius 3 is 2.68 bits per heavy atom. The zero-order valence-electron chi connectivity index (χ0n) is 19.1. The second kappa shape index (κ2) is 9.64. The highest BCUT2D eigenvalue weighted by molar-refractivity contribution is 7.13. The molecule has 0 fully saturated rings. The number of aryl methyl sites for hydroxylation is 1. The number of amides is 1. The van der Waals surface area contributed by atoms with Gasteiger partial charge in [-0.3, -0.25) is 4.79 Å². The van der Waals surface area contributed by atoms with E-state index in [0.29, 0.717) is 36.4 Å². The van der Waals surface area contributed by atoms with Crippen molar-refractivity contribution >= 4 is 29.2 Å². The minimum atomic E-state index is -1.15. The Morgan fingerprint density at radius 2 is 1.97 bits per heavy atom. The van der Waals surface area contributed by atoms with Gasteiger partial charge < -0.3 is 19.9 Å². The fraction of sp³-hybridized carbons (Fsp3) is 0.280. The Bertz CT molecular complexity index is 1300. The molecule has 2 N–H and O–H groups in total. The lowest BCUT2D eigenvalue weighted by Gasteiger charge is -2.17. The van der Waals surface area contributed by atoms with Crippen LogP contribution in [-0.4, -0.2) is 48.2 Å². The number of nitrogens with zero attached hydrogens (tertiary/aromatic N) is 1. The van der Waals surface area contributed by atoms with Crippen LogP contribution in [-0.2, 0) is 11.2 Å². The number of pyridine rings is 1. The molecule has 176 valence electrons. The first-order chi connectivity index (χ1) is 16.3. The third kappa shape index (κ3) is 4.26. The maximum absolute atomic E-state index is 12.7. The van der Waals surface area contributed by atoms with Crippen molar-refractivity contribution in [3.63, 3.8) is 0 Å². The third-order valence-corrected chi connectivity index (χ3v) is 6.59. The number of carboxylic acids is 1. The number of hydrogen-bond acceptors (Lipinski definition) is 7. The van der Waals surface area contributed by atoms with E-state index in [4.69, 9.17) is 9.47 Å². The Hall–Kier alpha value is -3.72. The van der Waals surface area contributed by atoms with E-state index in [1.807, 2.05) is 18.4 Å². The second-order valence-corrected chi connectivity index (χ2v) is 8.79. The van der Waals surface area contributed by atoms with Crippen LogP contribution in [0, 0.1) is 6.92 Å². The largest absolute Gasteiger partial charge is 0.493 e. The van der Waals surface area contributed by atoms with Crippen LogP contribution in [0.15, 0.2) is 29.6 Å². The highest BCUT2D eigenvalue weighted by Gasteiger charge is 2.27. The average molecular weight is 481 g/mol. The van der Waals surface area contributed by atoms with Gasteiger partial charge in [-0.1, -0.05) is 6.92 Å². The number of fused-ring (bicyclic) bond motifs is 3. The zero-order valence-corrected chi connectivity index (χ0v) is 19.9. The zero-order chi connectivity index (χ0) is 24.4. The number of esters is 1. The fourth-order valence-corrected chi connectivity index (χ4v) is 4.92. The van der Waals surface area contributed by atoms with E-state index >= 15 is 0 Å². The second-order valence-electron chi connectivity index (χ2n) is 7.87. The summed E-state index contributed by atoms with van der Waals surface area (Å²) in [7, 11) is 1.21. The minimum absolute atomic E-state index is 0.00172. The van der Waals surface area contributed by atoms with Crippen molar-refractivity contribution in [1.29, 1.82) is 0 Å². The number of aromatic nitrogens is 1. The lowest BCUT2D eigenvalue weighted by Crippen LogP contribution is -2.27. The van der Waals surface area contributed by atoms with Gasteiger partial charge in [0, 0.05) is 34.5 Å². The van der Waals surface area contributed by atoms with Crippen LogP contribution in [0.3, 0.4) is 0 Å². The monoisotopic (exact) mass is 480 g/mol. The normalized spacial score (nSPS) is 12.1. The Labute approximate surface area is 200 Å². The highest BCUT2D eigenvalue weighted by atomic mass is 32.1. The molecule has 3 aromatic rings. The molecule has 0 spiro atoms. The minimum Gasteiger partial charge on any atom is -0.493 e. The third-order valence-electron chi connectivity index (χ3n) is 5.60. The molecule has 0 atom stereocenters. The van der Waals surface area contributed by atoms with Gasteiger partial charge in [-0.15, -0.1) is 11.3 Å². The quantitative estimate of drug-likeness (QED) is 0.504. The van der Waals surface area contributed by atoms with Crippen molar-refractivity contribution in [2.75, 3.05) is 20.3 Å². The van der Waals surface area contributed by atoms with Gasteiger partial charge in [0.1, 0.15) is 11.4 Å². The van der Waals surface area contributed by atoms with Gasteiger partial charge in [0.25, 0.3) is 5.91 Å². The van der Waals surface area contributed by atoms with Gasteiger partial charge in [0.15, 0.2) is 5.69 Å². The summed E-state index contributed by atoms with van der Waals surface area (Å²) in [5.41, 5.74) is 2.78. The van der Waals surface area contributed by atoms with Gasteiger partial charge in [-0.2, -0.15) is 0 Å². The van der Waals surface area contributed by atoms with E-state index in [1.165, 1.54) is 18.4 Å². The maximum Gasteiger partial charge on any atom is 0.357 e. The predicted octanol–water partition coefficient (Wildman–Crippen LogP) is 4.35. The van der Waals surface area contributed by atoms with Crippen LogP contribution in [0.1, 0.15) is 55.8 Å². The van der Waals surface area contributed by atoms with E-state index in [9.17, 15) is 19.5 Å². The summed E-state index contributed by atoms with van der Waals surface area (Å²) < 4.78 is 10.9. The number of thiophene rings is 1. The summed E-state index contributed by atoms with van der Waals surface area (Å²) in [5, 5.41) is 14.8. The van der Waals surface area contributed by atoms with Crippen LogP contribution in [0.5, 0.6) is 5.75 Å². The molecule has 9 heteroatoms. The summed E-state index contributed by atoms with van der Waals surface area (Å²) in [4.78, 5) is 42.8.